The monoisotopic (exact) mass is 315 g/mol. The summed E-state index contributed by atoms with van der Waals surface area (Å²) in [6.45, 7) is 9.54. The Morgan fingerprint density at radius 2 is 1.95 bits per heavy atom. The van der Waals surface area contributed by atoms with Crippen molar-refractivity contribution in [2.75, 3.05) is 26.3 Å². The fraction of sp³-hybridized carbons (Fsp3) is 0.867. The third-order valence-electron chi connectivity index (χ3n) is 3.83. The summed E-state index contributed by atoms with van der Waals surface area (Å²) < 4.78 is 5.34. The number of nitrogens with zero attached hydrogens (tertiary/aromatic N) is 1. The number of ether oxygens (including phenoxy) is 1. The number of carbonyl (C=O) groups excluding carboxylic acids is 1. The Morgan fingerprint density at radius 3 is 2.45 bits per heavy atom. The van der Waals surface area contributed by atoms with E-state index in [2.05, 4.69) is 10.6 Å². The highest BCUT2D eigenvalue weighted by atomic mass is 16.5. The minimum Gasteiger partial charge on any atom is -0.480 e. The van der Waals surface area contributed by atoms with Crippen LogP contribution in [0.15, 0.2) is 0 Å². The molecule has 1 fully saturated rings. The van der Waals surface area contributed by atoms with Gasteiger partial charge in [-0.15, -0.1) is 0 Å². The zero-order chi connectivity index (χ0) is 16.8. The molecule has 0 aliphatic heterocycles. The van der Waals surface area contributed by atoms with E-state index < -0.39 is 11.5 Å². The summed E-state index contributed by atoms with van der Waals surface area (Å²) in [5.41, 5.74) is -0.415. The van der Waals surface area contributed by atoms with Crippen molar-refractivity contribution < 1.29 is 19.4 Å². The van der Waals surface area contributed by atoms with Crippen LogP contribution in [0.3, 0.4) is 0 Å². The van der Waals surface area contributed by atoms with Crippen LogP contribution in [-0.2, 0) is 9.53 Å². The highest BCUT2D eigenvalue weighted by Gasteiger charge is 2.35. The van der Waals surface area contributed by atoms with Crippen molar-refractivity contribution in [1.29, 1.82) is 0 Å². The van der Waals surface area contributed by atoms with Crippen LogP contribution in [0.4, 0.5) is 4.79 Å². The van der Waals surface area contributed by atoms with E-state index in [9.17, 15) is 9.59 Å². The van der Waals surface area contributed by atoms with E-state index in [1.54, 1.807) is 0 Å². The molecule has 0 spiro atoms. The molecule has 1 rings (SSSR count). The highest BCUT2D eigenvalue weighted by molar-refractivity contribution is 5.75. The predicted octanol–water partition coefficient (Wildman–Crippen LogP) is 1.04. The van der Waals surface area contributed by atoms with Crippen molar-refractivity contribution in [1.82, 2.24) is 15.5 Å². The van der Waals surface area contributed by atoms with Gasteiger partial charge in [0.1, 0.15) is 0 Å². The molecule has 22 heavy (non-hydrogen) atoms. The molecule has 1 aliphatic rings. The minimum atomic E-state index is -0.811. The summed E-state index contributed by atoms with van der Waals surface area (Å²) in [7, 11) is 0. The molecule has 1 aliphatic carbocycles. The average Bonchev–Trinajstić information content (AvgIpc) is 2.37. The second-order valence-corrected chi connectivity index (χ2v) is 6.40. The van der Waals surface area contributed by atoms with Gasteiger partial charge in [-0.3, -0.25) is 9.69 Å². The Morgan fingerprint density at radius 1 is 1.32 bits per heavy atom. The number of carboxylic acid groups (broad SMARTS) is 1. The van der Waals surface area contributed by atoms with Crippen LogP contribution < -0.4 is 10.6 Å². The fourth-order valence-corrected chi connectivity index (χ4v) is 2.60. The van der Waals surface area contributed by atoms with Gasteiger partial charge in [-0.25, -0.2) is 4.79 Å². The summed E-state index contributed by atoms with van der Waals surface area (Å²) >= 11 is 0. The molecule has 0 bridgehead atoms. The summed E-state index contributed by atoms with van der Waals surface area (Å²) in [4.78, 5) is 24.7. The minimum absolute atomic E-state index is 0.0570. The molecule has 0 heterocycles. The molecular weight excluding hydrogens is 286 g/mol. The van der Waals surface area contributed by atoms with Gasteiger partial charge >= 0.3 is 12.0 Å². The van der Waals surface area contributed by atoms with Crippen molar-refractivity contribution in [2.45, 2.75) is 58.2 Å². The molecule has 0 aromatic heterocycles. The molecule has 3 N–H and O–H groups in total. The number of carbonyl (C=O) groups is 2. The van der Waals surface area contributed by atoms with Crippen molar-refractivity contribution in [3.63, 3.8) is 0 Å². The van der Waals surface area contributed by atoms with Crippen molar-refractivity contribution >= 4 is 12.0 Å². The van der Waals surface area contributed by atoms with Gasteiger partial charge in [0.2, 0.25) is 0 Å². The van der Waals surface area contributed by atoms with Crippen molar-refractivity contribution in [3.05, 3.63) is 0 Å². The number of nitrogens with one attached hydrogen (secondary N) is 2. The molecule has 1 saturated carbocycles. The Kier molecular flexibility index (Phi) is 7.09. The molecule has 0 unspecified atom stereocenters. The zero-order valence-corrected chi connectivity index (χ0v) is 14.0. The van der Waals surface area contributed by atoms with E-state index >= 15 is 0 Å². The molecule has 0 aromatic carbocycles. The smallest absolute Gasteiger partial charge is 0.317 e. The summed E-state index contributed by atoms with van der Waals surface area (Å²) in [5, 5.41) is 14.7. The maximum Gasteiger partial charge on any atom is 0.317 e. The van der Waals surface area contributed by atoms with Crippen LogP contribution in [0.2, 0.25) is 0 Å². The number of urea groups is 1. The van der Waals surface area contributed by atoms with E-state index in [1.807, 2.05) is 32.6 Å². The quantitative estimate of drug-likeness (QED) is 0.591. The largest absolute Gasteiger partial charge is 0.480 e. The first kappa shape index (κ1) is 18.7. The molecule has 7 heteroatoms. The number of likely N-dealkylation sites (N-methyl/N-ethyl adjacent to an activating group) is 1. The lowest BCUT2D eigenvalue weighted by molar-refractivity contribution is -0.139. The molecule has 0 aromatic rings. The Hall–Kier alpha value is -1.34. The van der Waals surface area contributed by atoms with Gasteiger partial charge in [0.15, 0.2) is 0 Å². The molecule has 0 atom stereocenters. The second-order valence-electron chi connectivity index (χ2n) is 6.40. The number of carboxylic acids is 1. The fourth-order valence-electron chi connectivity index (χ4n) is 2.60. The van der Waals surface area contributed by atoms with E-state index in [-0.39, 0.29) is 24.7 Å². The van der Waals surface area contributed by atoms with Gasteiger partial charge in [-0.1, -0.05) is 6.92 Å². The standard InChI is InChI=1S/C15H29N3O4/c1-5-18(9-13(19)20)12-7-11(8-12)16-14(21)17-15(3,4)10-22-6-2/h11-12H,5-10H2,1-4H3,(H,19,20)(H2,16,17,21). The highest BCUT2D eigenvalue weighted by Crippen LogP contribution is 2.25. The predicted molar refractivity (Wildman–Crippen MR) is 83.9 cm³/mol. The number of aliphatic carboxylic acids is 1. The topological polar surface area (TPSA) is 90.9 Å². The number of amides is 2. The van der Waals surface area contributed by atoms with Crippen LogP contribution in [0.5, 0.6) is 0 Å². The third-order valence-corrected chi connectivity index (χ3v) is 3.83. The van der Waals surface area contributed by atoms with Crippen LogP contribution in [0, 0.1) is 0 Å². The van der Waals surface area contributed by atoms with Gasteiger partial charge in [0.05, 0.1) is 18.7 Å². The van der Waals surface area contributed by atoms with Crippen molar-refractivity contribution in [3.8, 4) is 0 Å². The van der Waals surface area contributed by atoms with Gasteiger partial charge < -0.3 is 20.5 Å². The second kappa shape index (κ2) is 8.33. The summed E-state index contributed by atoms with van der Waals surface area (Å²) in [6, 6.07) is 0.146. The number of rotatable bonds is 9. The van der Waals surface area contributed by atoms with Crippen LogP contribution in [-0.4, -0.2) is 65.9 Å². The molecular formula is C15H29N3O4. The Labute approximate surface area is 132 Å². The SMILES string of the molecule is CCOCC(C)(C)NC(=O)NC1CC(N(CC)CC(=O)O)C1. The molecule has 128 valence electrons. The Balaban J connectivity index is 2.30. The first-order chi connectivity index (χ1) is 10.3. The van der Waals surface area contributed by atoms with Gasteiger partial charge in [-0.05, 0) is 40.2 Å². The zero-order valence-electron chi connectivity index (χ0n) is 14.0. The maximum atomic E-state index is 12.0. The van der Waals surface area contributed by atoms with E-state index in [0.717, 1.165) is 12.8 Å². The third kappa shape index (κ3) is 6.19. The Bertz CT molecular complexity index is 381. The average molecular weight is 315 g/mol. The first-order valence-corrected chi connectivity index (χ1v) is 7.89. The van der Waals surface area contributed by atoms with Gasteiger partial charge in [0, 0.05) is 18.7 Å². The normalized spacial score (nSPS) is 21.3. The van der Waals surface area contributed by atoms with Crippen molar-refractivity contribution in [2.24, 2.45) is 0 Å². The number of hydrogen-bond acceptors (Lipinski definition) is 4. The number of hydrogen-bond donors (Lipinski definition) is 3. The lowest BCUT2D eigenvalue weighted by Gasteiger charge is -2.42. The molecule has 2 amide bonds. The molecule has 0 saturated heterocycles. The van der Waals surface area contributed by atoms with Gasteiger partial charge in [-0.2, -0.15) is 0 Å². The van der Waals surface area contributed by atoms with Crippen LogP contribution in [0.25, 0.3) is 0 Å². The lowest BCUT2D eigenvalue weighted by Crippen LogP contribution is -2.59. The maximum absolute atomic E-state index is 12.0. The summed E-state index contributed by atoms with van der Waals surface area (Å²) in [6.07, 6.45) is 1.58. The van der Waals surface area contributed by atoms with E-state index in [1.165, 1.54) is 0 Å². The van der Waals surface area contributed by atoms with E-state index in [4.69, 9.17) is 9.84 Å². The first-order valence-electron chi connectivity index (χ1n) is 7.89. The van der Waals surface area contributed by atoms with Crippen LogP contribution >= 0.6 is 0 Å². The lowest BCUT2D eigenvalue weighted by atomic mass is 9.85. The molecule has 7 nitrogen and oxygen atoms in total. The van der Waals surface area contributed by atoms with Crippen LogP contribution in [0.1, 0.15) is 40.5 Å². The van der Waals surface area contributed by atoms with E-state index in [0.29, 0.717) is 19.8 Å². The molecule has 0 radical (unpaired) electrons. The summed E-state index contributed by atoms with van der Waals surface area (Å²) in [5.74, 6) is -0.811. The van der Waals surface area contributed by atoms with Gasteiger partial charge in [0.25, 0.3) is 0 Å².